The Morgan fingerprint density at radius 2 is 1.90 bits per heavy atom. The summed E-state index contributed by atoms with van der Waals surface area (Å²) in [6, 6.07) is 3.07. The van der Waals surface area contributed by atoms with Crippen LogP contribution in [0, 0.1) is 13.8 Å². The van der Waals surface area contributed by atoms with Crippen LogP contribution in [-0.4, -0.2) is 33.6 Å². The smallest absolute Gasteiger partial charge is 0.261 e. The van der Waals surface area contributed by atoms with Crippen molar-refractivity contribution in [2.24, 2.45) is 0 Å². The Balaban J connectivity index is 2.27. The molecule has 1 aliphatic rings. The number of amides is 1. The molecule has 1 saturated heterocycles. The van der Waals surface area contributed by atoms with E-state index in [2.05, 4.69) is 5.32 Å². The lowest BCUT2D eigenvalue weighted by Gasteiger charge is -2.23. The van der Waals surface area contributed by atoms with E-state index in [1.165, 1.54) is 6.07 Å². The summed E-state index contributed by atoms with van der Waals surface area (Å²) < 4.78 is 28.4. The Morgan fingerprint density at radius 3 is 2.48 bits per heavy atom. The molecule has 0 aliphatic carbocycles. The summed E-state index contributed by atoms with van der Waals surface area (Å²) >= 11 is 0. The molecule has 0 aromatic heterocycles. The molecule has 1 aliphatic heterocycles. The number of hydrogen-bond donors (Lipinski definition) is 1. The van der Waals surface area contributed by atoms with E-state index in [4.69, 9.17) is 15.4 Å². The lowest BCUT2D eigenvalue weighted by Crippen LogP contribution is -2.39. The van der Waals surface area contributed by atoms with Crippen molar-refractivity contribution in [2.45, 2.75) is 37.6 Å². The number of benzene rings is 1. The van der Waals surface area contributed by atoms with E-state index in [1.807, 2.05) is 0 Å². The predicted octanol–water partition coefficient (Wildman–Crippen LogP) is 2.14. The van der Waals surface area contributed by atoms with E-state index in [9.17, 15) is 13.2 Å². The third kappa shape index (κ3) is 3.96. The highest BCUT2D eigenvalue weighted by Crippen LogP contribution is 2.24. The third-order valence-corrected chi connectivity index (χ3v) is 5.15. The molecule has 116 valence electrons. The molecule has 0 atom stereocenters. The number of nitrogens with one attached hydrogen (secondary N) is 1. The van der Waals surface area contributed by atoms with E-state index >= 15 is 0 Å². The molecule has 1 aromatic carbocycles. The predicted molar refractivity (Wildman–Crippen MR) is 80.3 cm³/mol. The maximum Gasteiger partial charge on any atom is 0.261 e. The Labute approximate surface area is 129 Å². The van der Waals surface area contributed by atoms with Crippen LogP contribution in [0.25, 0.3) is 0 Å². The van der Waals surface area contributed by atoms with Crippen LogP contribution in [-0.2, 0) is 13.8 Å². The van der Waals surface area contributed by atoms with Gasteiger partial charge in [-0.15, -0.1) is 0 Å². The second kappa shape index (κ2) is 6.34. The molecule has 0 spiro atoms. The van der Waals surface area contributed by atoms with Crippen molar-refractivity contribution >= 4 is 25.6 Å². The minimum absolute atomic E-state index is 0.0127. The van der Waals surface area contributed by atoms with Gasteiger partial charge in [-0.1, -0.05) is 0 Å². The molecule has 5 nitrogen and oxygen atoms in total. The average molecular weight is 332 g/mol. The van der Waals surface area contributed by atoms with Crippen LogP contribution in [0.15, 0.2) is 17.0 Å². The Hall–Kier alpha value is -1.11. The van der Waals surface area contributed by atoms with Crippen molar-refractivity contribution in [3.8, 4) is 0 Å². The van der Waals surface area contributed by atoms with E-state index in [1.54, 1.807) is 19.9 Å². The van der Waals surface area contributed by atoms with Gasteiger partial charge in [0.2, 0.25) is 0 Å². The lowest BCUT2D eigenvalue weighted by atomic mass is 10.0. The quantitative estimate of drug-likeness (QED) is 0.861. The molecule has 0 saturated carbocycles. The van der Waals surface area contributed by atoms with Gasteiger partial charge in [0.25, 0.3) is 15.0 Å². The first-order valence-corrected chi connectivity index (χ1v) is 9.04. The number of aryl methyl sites for hydroxylation is 1. The average Bonchev–Trinajstić information content (AvgIpc) is 2.41. The van der Waals surface area contributed by atoms with Crippen molar-refractivity contribution in [3.05, 3.63) is 28.8 Å². The third-order valence-electron chi connectivity index (χ3n) is 3.70. The monoisotopic (exact) mass is 331 g/mol. The highest BCUT2D eigenvalue weighted by atomic mass is 35.7. The first kappa shape index (κ1) is 16.3. The fraction of sp³-hybridized carbons (Fsp3) is 0.500. The summed E-state index contributed by atoms with van der Waals surface area (Å²) in [5.41, 5.74) is 1.59. The number of carbonyl (C=O) groups excluding carboxylic acids is 1. The number of rotatable bonds is 3. The van der Waals surface area contributed by atoms with Crippen molar-refractivity contribution < 1.29 is 17.9 Å². The first-order valence-electron chi connectivity index (χ1n) is 6.73. The molecule has 0 unspecified atom stereocenters. The van der Waals surface area contributed by atoms with Gasteiger partial charge in [-0.05, 0) is 49.9 Å². The maximum atomic E-state index is 12.3. The highest BCUT2D eigenvalue weighted by molar-refractivity contribution is 8.13. The minimum Gasteiger partial charge on any atom is -0.381 e. The van der Waals surface area contributed by atoms with Gasteiger partial charge < -0.3 is 10.1 Å². The molecule has 1 amide bonds. The number of halogens is 1. The van der Waals surface area contributed by atoms with Gasteiger partial charge in [0.15, 0.2) is 0 Å². The zero-order chi connectivity index (χ0) is 15.6. The van der Waals surface area contributed by atoms with E-state index in [0.717, 1.165) is 12.8 Å². The molecule has 21 heavy (non-hydrogen) atoms. The van der Waals surface area contributed by atoms with Crippen molar-refractivity contribution in [2.75, 3.05) is 13.2 Å². The summed E-state index contributed by atoms with van der Waals surface area (Å²) in [6.07, 6.45) is 1.52. The van der Waals surface area contributed by atoms with Crippen LogP contribution in [0.2, 0.25) is 0 Å². The molecule has 0 bridgehead atoms. The summed E-state index contributed by atoms with van der Waals surface area (Å²) in [5, 5.41) is 2.90. The van der Waals surface area contributed by atoms with Crippen LogP contribution < -0.4 is 5.32 Å². The summed E-state index contributed by atoms with van der Waals surface area (Å²) in [4.78, 5) is 12.3. The van der Waals surface area contributed by atoms with Crippen LogP contribution in [0.5, 0.6) is 0 Å². The molecule has 0 radical (unpaired) electrons. The van der Waals surface area contributed by atoms with E-state index in [-0.39, 0.29) is 16.8 Å². The topological polar surface area (TPSA) is 72.5 Å². The second-order valence-electron chi connectivity index (χ2n) is 5.21. The Morgan fingerprint density at radius 1 is 1.29 bits per heavy atom. The molecular weight excluding hydrogens is 314 g/mol. The van der Waals surface area contributed by atoms with Gasteiger partial charge in [0, 0.05) is 35.5 Å². The minimum atomic E-state index is -3.87. The standard InChI is InChI=1S/C14H18ClNO4S/c1-9-7-11(8-13(10(9)2)21(15,18)19)14(17)16-12-3-5-20-6-4-12/h7-8,12H,3-6H2,1-2H3,(H,16,17). The van der Waals surface area contributed by atoms with Crippen molar-refractivity contribution in [3.63, 3.8) is 0 Å². The highest BCUT2D eigenvalue weighted by Gasteiger charge is 2.21. The van der Waals surface area contributed by atoms with Gasteiger partial charge in [-0.3, -0.25) is 4.79 Å². The van der Waals surface area contributed by atoms with Gasteiger partial charge in [-0.2, -0.15) is 0 Å². The molecule has 1 N–H and O–H groups in total. The largest absolute Gasteiger partial charge is 0.381 e. The van der Waals surface area contributed by atoms with Gasteiger partial charge in [0.1, 0.15) is 0 Å². The van der Waals surface area contributed by atoms with E-state index in [0.29, 0.717) is 29.9 Å². The zero-order valence-electron chi connectivity index (χ0n) is 12.0. The fourth-order valence-electron chi connectivity index (χ4n) is 2.32. The maximum absolute atomic E-state index is 12.3. The van der Waals surface area contributed by atoms with Gasteiger partial charge in [-0.25, -0.2) is 8.42 Å². The Bertz CT molecular complexity index is 651. The first-order chi connectivity index (χ1) is 9.79. The lowest BCUT2D eigenvalue weighted by molar-refractivity contribution is 0.0696. The number of hydrogen-bond acceptors (Lipinski definition) is 4. The van der Waals surface area contributed by atoms with Crippen LogP contribution >= 0.6 is 10.7 Å². The fourth-order valence-corrected chi connectivity index (χ4v) is 3.60. The molecule has 1 fully saturated rings. The van der Waals surface area contributed by atoms with E-state index < -0.39 is 9.05 Å². The van der Waals surface area contributed by atoms with Gasteiger partial charge in [0.05, 0.1) is 4.90 Å². The molecule has 1 heterocycles. The van der Waals surface area contributed by atoms with Crippen LogP contribution in [0.3, 0.4) is 0 Å². The number of ether oxygens (including phenoxy) is 1. The molecular formula is C14H18ClNO4S. The molecule has 1 aromatic rings. The summed E-state index contributed by atoms with van der Waals surface area (Å²) in [5.74, 6) is -0.286. The molecule has 2 rings (SSSR count). The molecule has 7 heteroatoms. The van der Waals surface area contributed by atoms with Gasteiger partial charge >= 0.3 is 0 Å². The van der Waals surface area contributed by atoms with Crippen molar-refractivity contribution in [1.82, 2.24) is 5.32 Å². The summed E-state index contributed by atoms with van der Waals surface area (Å²) in [6.45, 7) is 4.68. The number of carbonyl (C=O) groups is 1. The normalized spacial score (nSPS) is 16.7. The summed E-state index contributed by atoms with van der Waals surface area (Å²) in [7, 11) is 1.56. The van der Waals surface area contributed by atoms with Crippen LogP contribution in [0.1, 0.15) is 34.3 Å². The van der Waals surface area contributed by atoms with Crippen molar-refractivity contribution in [1.29, 1.82) is 0 Å². The van der Waals surface area contributed by atoms with Crippen LogP contribution in [0.4, 0.5) is 0 Å². The Kier molecular flexibility index (Phi) is 4.91. The second-order valence-corrected chi connectivity index (χ2v) is 7.75. The zero-order valence-corrected chi connectivity index (χ0v) is 13.6. The SMILES string of the molecule is Cc1cc(C(=O)NC2CCOCC2)cc(S(=O)(=O)Cl)c1C.